The Hall–Kier alpha value is -2.35. The molecule has 0 bridgehead atoms. The molecule has 0 saturated heterocycles. The summed E-state index contributed by atoms with van der Waals surface area (Å²) in [5, 5.41) is 11.5. The number of ether oxygens (including phenoxy) is 2. The molecule has 3 aromatic rings. The first-order valence-electron chi connectivity index (χ1n) is 9.32. The van der Waals surface area contributed by atoms with E-state index in [9.17, 15) is 5.26 Å². The SMILES string of the molecule is CCOc1cc(C=C(C#N)c2ccccc2Cl)cc(Cl)c1OCc1ccc(Cl)cc1Cl. The second kappa shape index (κ2) is 10.8. The lowest BCUT2D eigenvalue weighted by atomic mass is 10.0. The fourth-order valence-electron chi connectivity index (χ4n) is 2.88. The number of halogens is 4. The van der Waals surface area contributed by atoms with Crippen molar-refractivity contribution in [2.24, 2.45) is 0 Å². The lowest BCUT2D eigenvalue weighted by Crippen LogP contribution is -2.01. The summed E-state index contributed by atoms with van der Waals surface area (Å²) in [6.45, 7) is 2.46. The molecule has 0 aliphatic heterocycles. The van der Waals surface area contributed by atoms with E-state index in [0.717, 1.165) is 5.56 Å². The summed E-state index contributed by atoms with van der Waals surface area (Å²) >= 11 is 24.9. The minimum atomic E-state index is 0.189. The normalized spacial score (nSPS) is 11.2. The molecular weight excluding hydrogens is 476 g/mol. The van der Waals surface area contributed by atoms with Gasteiger partial charge < -0.3 is 9.47 Å². The van der Waals surface area contributed by atoms with Crippen LogP contribution in [0.2, 0.25) is 20.1 Å². The van der Waals surface area contributed by atoms with E-state index in [1.54, 1.807) is 48.5 Å². The molecule has 0 aromatic heterocycles. The van der Waals surface area contributed by atoms with Gasteiger partial charge in [0.05, 0.1) is 23.3 Å². The molecule has 158 valence electrons. The predicted octanol–water partition coefficient (Wildman–Crippen LogP) is 8.34. The van der Waals surface area contributed by atoms with Crippen molar-refractivity contribution in [3.8, 4) is 17.6 Å². The highest BCUT2D eigenvalue weighted by atomic mass is 35.5. The van der Waals surface area contributed by atoms with Gasteiger partial charge in [-0.1, -0.05) is 70.7 Å². The van der Waals surface area contributed by atoms with E-state index in [1.807, 2.05) is 19.1 Å². The van der Waals surface area contributed by atoms with Crippen LogP contribution >= 0.6 is 46.4 Å². The molecule has 31 heavy (non-hydrogen) atoms. The number of nitriles is 1. The summed E-state index contributed by atoms with van der Waals surface area (Å²) in [6.07, 6.45) is 1.70. The Bertz CT molecular complexity index is 1170. The Morgan fingerprint density at radius 3 is 2.39 bits per heavy atom. The van der Waals surface area contributed by atoms with Crippen LogP contribution in [0.1, 0.15) is 23.6 Å². The first-order chi connectivity index (χ1) is 14.9. The quantitative estimate of drug-likeness (QED) is 0.246. The lowest BCUT2D eigenvalue weighted by Gasteiger charge is -2.15. The number of hydrogen-bond donors (Lipinski definition) is 0. The van der Waals surface area contributed by atoms with Crippen molar-refractivity contribution in [3.05, 3.63) is 91.4 Å². The summed E-state index contributed by atoms with van der Waals surface area (Å²) < 4.78 is 11.7. The van der Waals surface area contributed by atoms with Gasteiger partial charge >= 0.3 is 0 Å². The average molecular weight is 493 g/mol. The molecule has 7 heteroatoms. The minimum Gasteiger partial charge on any atom is -0.490 e. The fourth-order valence-corrected chi connectivity index (χ4v) is 3.85. The second-order valence-electron chi connectivity index (χ2n) is 6.44. The standard InChI is InChI=1S/C24H17Cl4NO2/c1-2-30-23-11-15(9-17(13-29)19-5-3-4-6-20(19)26)10-22(28)24(23)31-14-16-7-8-18(25)12-21(16)27/h3-12H,2,14H2,1H3. The number of nitrogens with zero attached hydrogens (tertiary/aromatic N) is 1. The van der Waals surface area contributed by atoms with Crippen LogP contribution in [0.4, 0.5) is 0 Å². The van der Waals surface area contributed by atoms with Crippen molar-refractivity contribution in [1.82, 2.24) is 0 Å². The largest absolute Gasteiger partial charge is 0.490 e. The molecule has 0 radical (unpaired) electrons. The van der Waals surface area contributed by atoms with E-state index in [2.05, 4.69) is 6.07 Å². The molecule has 0 saturated carbocycles. The van der Waals surface area contributed by atoms with Crippen molar-refractivity contribution in [2.75, 3.05) is 6.61 Å². The molecule has 0 aliphatic rings. The Balaban J connectivity index is 1.94. The molecule has 0 heterocycles. The summed E-state index contributed by atoms with van der Waals surface area (Å²) in [5.74, 6) is 0.853. The zero-order valence-electron chi connectivity index (χ0n) is 16.5. The van der Waals surface area contributed by atoms with E-state index in [4.69, 9.17) is 55.9 Å². The van der Waals surface area contributed by atoms with Crippen LogP contribution in [-0.2, 0) is 6.61 Å². The highest BCUT2D eigenvalue weighted by Gasteiger charge is 2.14. The van der Waals surface area contributed by atoms with Crippen molar-refractivity contribution in [3.63, 3.8) is 0 Å². The highest BCUT2D eigenvalue weighted by molar-refractivity contribution is 6.35. The number of rotatable bonds is 7. The number of allylic oxidation sites excluding steroid dienone is 1. The maximum atomic E-state index is 9.63. The summed E-state index contributed by atoms with van der Waals surface area (Å²) in [6, 6.07) is 18.0. The molecule has 0 aliphatic carbocycles. The Morgan fingerprint density at radius 2 is 1.71 bits per heavy atom. The molecule has 0 amide bonds. The molecule has 3 aromatic carbocycles. The molecule has 0 unspecified atom stereocenters. The van der Waals surface area contributed by atoms with Gasteiger partial charge in [-0.15, -0.1) is 0 Å². The van der Waals surface area contributed by atoms with E-state index in [1.165, 1.54) is 0 Å². The van der Waals surface area contributed by atoms with E-state index in [-0.39, 0.29) is 6.61 Å². The maximum absolute atomic E-state index is 9.63. The molecule has 0 N–H and O–H groups in total. The Morgan fingerprint density at radius 1 is 0.935 bits per heavy atom. The van der Waals surface area contributed by atoms with Crippen LogP contribution in [0.25, 0.3) is 11.6 Å². The molecule has 0 spiro atoms. The molecule has 3 nitrogen and oxygen atoms in total. The van der Waals surface area contributed by atoms with E-state index >= 15 is 0 Å². The van der Waals surface area contributed by atoms with Crippen LogP contribution in [0.5, 0.6) is 11.5 Å². The van der Waals surface area contributed by atoms with Gasteiger partial charge in [-0.25, -0.2) is 0 Å². The van der Waals surface area contributed by atoms with Gasteiger partial charge in [-0.3, -0.25) is 0 Å². The Kier molecular flexibility index (Phi) is 8.12. The van der Waals surface area contributed by atoms with Crippen LogP contribution in [-0.4, -0.2) is 6.61 Å². The minimum absolute atomic E-state index is 0.189. The molecular formula is C24H17Cl4NO2. The van der Waals surface area contributed by atoms with Gasteiger partial charge in [-0.05, 0) is 48.9 Å². The van der Waals surface area contributed by atoms with Crippen LogP contribution < -0.4 is 9.47 Å². The van der Waals surface area contributed by atoms with Crippen molar-refractivity contribution < 1.29 is 9.47 Å². The fraction of sp³-hybridized carbons (Fsp3) is 0.125. The topological polar surface area (TPSA) is 42.2 Å². The smallest absolute Gasteiger partial charge is 0.180 e. The van der Waals surface area contributed by atoms with Gasteiger partial charge in [0.1, 0.15) is 6.61 Å². The molecule has 0 atom stereocenters. The monoisotopic (exact) mass is 491 g/mol. The van der Waals surface area contributed by atoms with Crippen LogP contribution in [0, 0.1) is 11.3 Å². The lowest BCUT2D eigenvalue weighted by molar-refractivity contribution is 0.269. The second-order valence-corrected chi connectivity index (χ2v) is 8.10. The highest BCUT2D eigenvalue weighted by Crippen LogP contribution is 2.39. The van der Waals surface area contributed by atoms with Crippen molar-refractivity contribution >= 4 is 58.1 Å². The summed E-state index contributed by atoms with van der Waals surface area (Å²) in [5.41, 5.74) is 2.49. The average Bonchev–Trinajstić information content (AvgIpc) is 2.73. The van der Waals surface area contributed by atoms with Gasteiger partial charge in [-0.2, -0.15) is 5.26 Å². The first kappa shape index (κ1) is 23.3. The Labute approximate surface area is 201 Å². The summed E-state index contributed by atoms with van der Waals surface area (Å²) in [7, 11) is 0. The van der Waals surface area contributed by atoms with Gasteiger partial charge in [0, 0.05) is 26.2 Å². The summed E-state index contributed by atoms with van der Waals surface area (Å²) in [4.78, 5) is 0. The maximum Gasteiger partial charge on any atom is 0.180 e. The first-order valence-corrected chi connectivity index (χ1v) is 10.8. The van der Waals surface area contributed by atoms with Crippen molar-refractivity contribution in [2.45, 2.75) is 13.5 Å². The molecule has 3 rings (SSSR count). The third-order valence-electron chi connectivity index (χ3n) is 4.31. The van der Waals surface area contributed by atoms with Gasteiger partial charge in [0.15, 0.2) is 11.5 Å². The van der Waals surface area contributed by atoms with E-state index in [0.29, 0.717) is 54.9 Å². The van der Waals surface area contributed by atoms with Gasteiger partial charge in [0.2, 0.25) is 0 Å². The van der Waals surface area contributed by atoms with Gasteiger partial charge in [0.25, 0.3) is 0 Å². The third kappa shape index (κ3) is 5.87. The molecule has 0 fully saturated rings. The number of hydrogen-bond acceptors (Lipinski definition) is 3. The third-order valence-corrected chi connectivity index (χ3v) is 5.51. The zero-order valence-corrected chi connectivity index (χ0v) is 19.5. The van der Waals surface area contributed by atoms with E-state index < -0.39 is 0 Å². The van der Waals surface area contributed by atoms with Crippen molar-refractivity contribution in [1.29, 1.82) is 5.26 Å². The van der Waals surface area contributed by atoms with Crippen LogP contribution in [0.3, 0.4) is 0 Å². The van der Waals surface area contributed by atoms with Crippen LogP contribution in [0.15, 0.2) is 54.6 Å². The predicted molar refractivity (Wildman–Crippen MR) is 128 cm³/mol. The number of benzene rings is 3. The zero-order chi connectivity index (χ0) is 22.4.